The third-order valence-electron chi connectivity index (χ3n) is 4.63. The highest BCUT2D eigenvalue weighted by Crippen LogP contribution is 2.22. The molecular formula is C19H22F2N4O2. The topological polar surface area (TPSA) is 57.7 Å². The summed E-state index contributed by atoms with van der Waals surface area (Å²) >= 11 is 0. The second-order valence-corrected chi connectivity index (χ2v) is 6.40. The minimum absolute atomic E-state index is 0.236. The molecule has 0 unspecified atom stereocenters. The number of benzene rings is 1. The van der Waals surface area contributed by atoms with E-state index in [1.807, 2.05) is 4.90 Å². The van der Waals surface area contributed by atoms with E-state index in [1.165, 1.54) is 25.4 Å². The van der Waals surface area contributed by atoms with Crippen LogP contribution >= 0.6 is 0 Å². The van der Waals surface area contributed by atoms with Crippen molar-refractivity contribution in [2.45, 2.75) is 13.0 Å². The number of piperazine rings is 1. The number of anilines is 1. The van der Waals surface area contributed by atoms with Crippen molar-refractivity contribution in [3.8, 4) is 5.75 Å². The van der Waals surface area contributed by atoms with E-state index in [0.29, 0.717) is 43.2 Å². The van der Waals surface area contributed by atoms with Crippen LogP contribution in [0.5, 0.6) is 5.75 Å². The second kappa shape index (κ2) is 8.20. The van der Waals surface area contributed by atoms with Gasteiger partial charge in [-0.05, 0) is 30.7 Å². The third kappa shape index (κ3) is 4.45. The molecule has 0 saturated carbocycles. The van der Waals surface area contributed by atoms with Gasteiger partial charge in [-0.2, -0.15) is 0 Å². The van der Waals surface area contributed by atoms with Gasteiger partial charge in [0.25, 0.3) is 0 Å². The summed E-state index contributed by atoms with van der Waals surface area (Å²) in [5.74, 6) is -0.387. The molecule has 0 bridgehead atoms. The molecule has 144 valence electrons. The summed E-state index contributed by atoms with van der Waals surface area (Å²) in [5, 5.41) is 2.87. The van der Waals surface area contributed by atoms with E-state index in [1.54, 1.807) is 30.2 Å². The first-order valence-corrected chi connectivity index (χ1v) is 8.72. The molecule has 3 rings (SSSR count). The molecule has 6 nitrogen and oxygen atoms in total. The Balaban J connectivity index is 1.58. The summed E-state index contributed by atoms with van der Waals surface area (Å²) in [7, 11) is 1.47. The van der Waals surface area contributed by atoms with Gasteiger partial charge in [-0.3, -0.25) is 4.98 Å². The van der Waals surface area contributed by atoms with Gasteiger partial charge in [-0.15, -0.1) is 0 Å². The second-order valence-electron chi connectivity index (χ2n) is 6.40. The SMILES string of the molecule is COc1cc(F)cc([C@@H](C)NC(=O)N2CCN(c3ccncc3F)CC2)c1. The lowest BCUT2D eigenvalue weighted by Gasteiger charge is -2.36. The molecule has 1 fully saturated rings. The molecule has 2 amide bonds. The molecule has 0 radical (unpaired) electrons. The fourth-order valence-corrected chi connectivity index (χ4v) is 3.09. The van der Waals surface area contributed by atoms with Crippen LogP contribution in [0.3, 0.4) is 0 Å². The van der Waals surface area contributed by atoms with E-state index < -0.39 is 5.82 Å². The van der Waals surface area contributed by atoms with Crippen molar-refractivity contribution in [2.75, 3.05) is 38.2 Å². The Kier molecular flexibility index (Phi) is 5.73. The monoisotopic (exact) mass is 376 g/mol. The average molecular weight is 376 g/mol. The lowest BCUT2D eigenvalue weighted by Crippen LogP contribution is -2.52. The van der Waals surface area contributed by atoms with Crippen LogP contribution in [0.25, 0.3) is 0 Å². The quantitative estimate of drug-likeness (QED) is 0.891. The molecule has 2 heterocycles. The zero-order valence-electron chi connectivity index (χ0n) is 15.3. The molecular weight excluding hydrogens is 354 g/mol. The minimum Gasteiger partial charge on any atom is -0.497 e. The van der Waals surface area contributed by atoms with E-state index in [4.69, 9.17) is 4.74 Å². The molecule has 27 heavy (non-hydrogen) atoms. The number of carbonyl (C=O) groups excluding carboxylic acids is 1. The number of aromatic nitrogens is 1. The Hall–Kier alpha value is -2.90. The number of nitrogens with one attached hydrogen (secondary N) is 1. The number of ether oxygens (including phenoxy) is 1. The average Bonchev–Trinajstić information content (AvgIpc) is 2.68. The third-order valence-corrected chi connectivity index (χ3v) is 4.63. The first kappa shape index (κ1) is 18.9. The molecule has 1 aliphatic rings. The van der Waals surface area contributed by atoms with Crippen LogP contribution in [-0.2, 0) is 0 Å². The van der Waals surface area contributed by atoms with Gasteiger partial charge in [0.15, 0.2) is 5.82 Å². The molecule has 1 aromatic carbocycles. The van der Waals surface area contributed by atoms with E-state index >= 15 is 0 Å². The van der Waals surface area contributed by atoms with Gasteiger partial charge < -0.3 is 19.9 Å². The zero-order valence-corrected chi connectivity index (χ0v) is 15.3. The van der Waals surface area contributed by atoms with Gasteiger partial charge in [0.05, 0.1) is 25.0 Å². The number of nitrogens with zero attached hydrogens (tertiary/aromatic N) is 3. The highest BCUT2D eigenvalue weighted by atomic mass is 19.1. The molecule has 0 spiro atoms. The summed E-state index contributed by atoms with van der Waals surface area (Å²) in [4.78, 5) is 19.8. The standard InChI is InChI=1S/C19H22F2N4O2/c1-13(14-9-15(20)11-16(10-14)27-2)23-19(26)25-7-5-24(6-8-25)18-3-4-22-12-17(18)21/h3-4,9-13H,5-8H2,1-2H3,(H,23,26)/t13-/m1/s1. The number of hydrogen-bond acceptors (Lipinski definition) is 4. The van der Waals surface area contributed by atoms with E-state index in [9.17, 15) is 13.6 Å². The minimum atomic E-state index is -0.418. The maximum atomic E-state index is 13.8. The van der Waals surface area contributed by atoms with Crippen molar-refractivity contribution in [3.05, 3.63) is 53.9 Å². The van der Waals surface area contributed by atoms with Crippen molar-refractivity contribution >= 4 is 11.7 Å². The number of carbonyl (C=O) groups is 1. The fraction of sp³-hybridized carbons (Fsp3) is 0.368. The summed E-state index contributed by atoms with van der Waals surface area (Å²) in [6.07, 6.45) is 2.73. The van der Waals surface area contributed by atoms with Crippen LogP contribution in [0, 0.1) is 11.6 Å². The van der Waals surface area contributed by atoms with Gasteiger partial charge in [0, 0.05) is 38.4 Å². The Morgan fingerprint density at radius 3 is 2.63 bits per heavy atom. The molecule has 8 heteroatoms. The Morgan fingerprint density at radius 1 is 1.22 bits per heavy atom. The molecule has 1 aromatic heterocycles. The van der Waals surface area contributed by atoms with E-state index in [0.717, 1.165) is 0 Å². The number of halogens is 2. The predicted octanol–water partition coefficient (Wildman–Crippen LogP) is 2.96. The number of hydrogen-bond donors (Lipinski definition) is 1. The van der Waals surface area contributed by atoms with Gasteiger partial charge >= 0.3 is 6.03 Å². The Labute approximate surface area is 156 Å². The summed E-state index contributed by atoms with van der Waals surface area (Å²) in [6, 6.07) is 5.37. The van der Waals surface area contributed by atoms with Gasteiger partial charge in [-0.25, -0.2) is 13.6 Å². The smallest absolute Gasteiger partial charge is 0.317 e. The molecule has 1 aliphatic heterocycles. The Bertz CT molecular complexity index is 810. The lowest BCUT2D eigenvalue weighted by molar-refractivity contribution is 0.191. The number of rotatable bonds is 4. The maximum absolute atomic E-state index is 13.8. The van der Waals surface area contributed by atoms with Crippen LogP contribution in [0.4, 0.5) is 19.3 Å². The number of pyridine rings is 1. The number of urea groups is 1. The molecule has 2 aromatic rings. The van der Waals surface area contributed by atoms with Crippen LogP contribution in [0.15, 0.2) is 36.7 Å². The highest BCUT2D eigenvalue weighted by molar-refractivity contribution is 5.75. The van der Waals surface area contributed by atoms with Crippen LogP contribution in [0.2, 0.25) is 0 Å². The highest BCUT2D eigenvalue weighted by Gasteiger charge is 2.24. The normalized spacial score (nSPS) is 15.4. The van der Waals surface area contributed by atoms with Crippen molar-refractivity contribution in [2.24, 2.45) is 0 Å². The maximum Gasteiger partial charge on any atom is 0.317 e. The van der Waals surface area contributed by atoms with E-state index in [2.05, 4.69) is 10.3 Å². The predicted molar refractivity (Wildman–Crippen MR) is 97.9 cm³/mol. The molecule has 0 aliphatic carbocycles. The fourth-order valence-electron chi connectivity index (χ4n) is 3.09. The van der Waals surface area contributed by atoms with Crippen molar-refractivity contribution in [1.29, 1.82) is 0 Å². The summed E-state index contributed by atoms with van der Waals surface area (Å²) < 4.78 is 32.6. The molecule has 1 atom stereocenters. The van der Waals surface area contributed by atoms with Gasteiger partial charge in [0.2, 0.25) is 0 Å². The number of methoxy groups -OCH3 is 1. The summed E-state index contributed by atoms with van der Waals surface area (Å²) in [6.45, 7) is 3.77. The van der Waals surface area contributed by atoms with Crippen LogP contribution in [-0.4, -0.2) is 49.2 Å². The lowest BCUT2D eigenvalue weighted by atomic mass is 10.1. The van der Waals surface area contributed by atoms with Crippen molar-refractivity contribution in [3.63, 3.8) is 0 Å². The van der Waals surface area contributed by atoms with Gasteiger partial charge in [-0.1, -0.05) is 0 Å². The van der Waals surface area contributed by atoms with E-state index in [-0.39, 0.29) is 17.9 Å². The van der Waals surface area contributed by atoms with Crippen LogP contribution < -0.4 is 15.0 Å². The van der Waals surface area contributed by atoms with Crippen molar-refractivity contribution < 1.29 is 18.3 Å². The molecule has 1 saturated heterocycles. The number of amides is 2. The molecule has 1 N–H and O–H groups in total. The first-order chi connectivity index (χ1) is 13.0. The zero-order chi connectivity index (χ0) is 19.4. The largest absolute Gasteiger partial charge is 0.497 e. The van der Waals surface area contributed by atoms with Crippen LogP contribution in [0.1, 0.15) is 18.5 Å². The van der Waals surface area contributed by atoms with Gasteiger partial charge in [0.1, 0.15) is 11.6 Å². The summed E-state index contributed by atoms with van der Waals surface area (Å²) in [5.41, 5.74) is 1.11. The van der Waals surface area contributed by atoms with Crippen molar-refractivity contribution in [1.82, 2.24) is 15.2 Å². The first-order valence-electron chi connectivity index (χ1n) is 8.72. The Morgan fingerprint density at radius 2 is 1.96 bits per heavy atom.